The first-order chi connectivity index (χ1) is 7.18. The molecule has 0 saturated carbocycles. The summed E-state index contributed by atoms with van der Waals surface area (Å²) in [6.45, 7) is 6.94. The number of rotatable bonds is 6. The standard InChI is InChI=1S/C14H27N/c1-12(2)8-7-9-13(3)15-14-10-5-4-6-11-14/h5,10,12-15H,4,6-9,11H2,1-3H3. The molecular formula is C14H27N. The molecule has 0 spiro atoms. The van der Waals surface area contributed by atoms with Crippen molar-refractivity contribution in [2.75, 3.05) is 0 Å². The third-order valence-electron chi connectivity index (χ3n) is 3.17. The summed E-state index contributed by atoms with van der Waals surface area (Å²) >= 11 is 0. The van der Waals surface area contributed by atoms with Crippen molar-refractivity contribution in [3.63, 3.8) is 0 Å². The van der Waals surface area contributed by atoms with Crippen LogP contribution in [0.1, 0.15) is 59.3 Å². The molecule has 0 amide bonds. The van der Waals surface area contributed by atoms with E-state index in [0.29, 0.717) is 12.1 Å². The van der Waals surface area contributed by atoms with Crippen molar-refractivity contribution in [1.82, 2.24) is 5.32 Å². The maximum absolute atomic E-state index is 3.71. The van der Waals surface area contributed by atoms with Gasteiger partial charge in [-0.25, -0.2) is 0 Å². The van der Waals surface area contributed by atoms with E-state index in [1.807, 2.05) is 0 Å². The topological polar surface area (TPSA) is 12.0 Å². The van der Waals surface area contributed by atoms with Crippen LogP contribution in [0.2, 0.25) is 0 Å². The Hall–Kier alpha value is -0.300. The smallest absolute Gasteiger partial charge is 0.0252 e. The molecule has 1 rings (SSSR count). The highest BCUT2D eigenvalue weighted by atomic mass is 14.9. The Balaban J connectivity index is 2.09. The van der Waals surface area contributed by atoms with E-state index in [4.69, 9.17) is 0 Å². The first-order valence-corrected chi connectivity index (χ1v) is 6.61. The minimum Gasteiger partial charge on any atom is -0.308 e. The molecule has 2 unspecified atom stereocenters. The van der Waals surface area contributed by atoms with Crippen LogP contribution in [0.25, 0.3) is 0 Å². The van der Waals surface area contributed by atoms with Gasteiger partial charge in [-0.2, -0.15) is 0 Å². The second-order valence-corrected chi connectivity index (χ2v) is 5.36. The molecule has 0 saturated heterocycles. The molecule has 0 heterocycles. The molecule has 0 radical (unpaired) electrons. The maximum Gasteiger partial charge on any atom is 0.0252 e. The minimum atomic E-state index is 0.646. The minimum absolute atomic E-state index is 0.646. The first-order valence-electron chi connectivity index (χ1n) is 6.61. The lowest BCUT2D eigenvalue weighted by atomic mass is 10.00. The second-order valence-electron chi connectivity index (χ2n) is 5.36. The lowest BCUT2D eigenvalue weighted by Gasteiger charge is -2.23. The van der Waals surface area contributed by atoms with E-state index in [1.165, 1.54) is 38.5 Å². The largest absolute Gasteiger partial charge is 0.308 e. The van der Waals surface area contributed by atoms with Gasteiger partial charge in [-0.05, 0) is 38.5 Å². The average Bonchev–Trinajstić information content (AvgIpc) is 2.18. The van der Waals surface area contributed by atoms with Crippen molar-refractivity contribution < 1.29 is 0 Å². The molecule has 88 valence electrons. The molecular weight excluding hydrogens is 182 g/mol. The van der Waals surface area contributed by atoms with Gasteiger partial charge in [0.05, 0.1) is 0 Å². The van der Waals surface area contributed by atoms with Crippen LogP contribution in [0.15, 0.2) is 12.2 Å². The molecule has 0 fully saturated rings. The monoisotopic (exact) mass is 209 g/mol. The SMILES string of the molecule is CC(C)CCCC(C)NC1C=CCCC1. The van der Waals surface area contributed by atoms with Crippen LogP contribution in [0.4, 0.5) is 0 Å². The van der Waals surface area contributed by atoms with Crippen molar-refractivity contribution >= 4 is 0 Å². The highest BCUT2D eigenvalue weighted by molar-refractivity contribution is 4.98. The van der Waals surface area contributed by atoms with E-state index in [1.54, 1.807) is 0 Å². The van der Waals surface area contributed by atoms with E-state index < -0.39 is 0 Å². The molecule has 0 bridgehead atoms. The number of hydrogen-bond donors (Lipinski definition) is 1. The lowest BCUT2D eigenvalue weighted by Crippen LogP contribution is -2.36. The molecule has 0 aliphatic heterocycles. The summed E-state index contributed by atoms with van der Waals surface area (Å²) in [5.41, 5.74) is 0. The number of allylic oxidation sites excluding steroid dienone is 1. The van der Waals surface area contributed by atoms with E-state index in [9.17, 15) is 0 Å². The van der Waals surface area contributed by atoms with Gasteiger partial charge in [-0.3, -0.25) is 0 Å². The fourth-order valence-electron chi connectivity index (χ4n) is 2.23. The van der Waals surface area contributed by atoms with E-state index >= 15 is 0 Å². The maximum atomic E-state index is 3.71. The third kappa shape index (κ3) is 5.99. The van der Waals surface area contributed by atoms with Crippen LogP contribution in [0, 0.1) is 5.92 Å². The summed E-state index contributed by atoms with van der Waals surface area (Å²) in [5.74, 6) is 0.853. The molecule has 1 aliphatic rings. The Kier molecular flexibility index (Phi) is 6.00. The van der Waals surface area contributed by atoms with E-state index in [2.05, 4.69) is 38.2 Å². The van der Waals surface area contributed by atoms with E-state index in [0.717, 1.165) is 5.92 Å². The van der Waals surface area contributed by atoms with Gasteiger partial charge in [0.2, 0.25) is 0 Å². The molecule has 0 aromatic heterocycles. The molecule has 1 N–H and O–H groups in total. The fraction of sp³-hybridized carbons (Fsp3) is 0.857. The Labute approximate surface area is 95.3 Å². The van der Waals surface area contributed by atoms with Crippen molar-refractivity contribution in [2.45, 2.75) is 71.4 Å². The van der Waals surface area contributed by atoms with Crippen molar-refractivity contribution in [3.05, 3.63) is 12.2 Å². The van der Waals surface area contributed by atoms with Gasteiger partial charge in [0.25, 0.3) is 0 Å². The zero-order valence-corrected chi connectivity index (χ0v) is 10.6. The summed E-state index contributed by atoms with van der Waals surface area (Å²) in [6.07, 6.45) is 12.7. The molecule has 1 heteroatoms. The lowest BCUT2D eigenvalue weighted by molar-refractivity contribution is 0.414. The average molecular weight is 209 g/mol. The van der Waals surface area contributed by atoms with Gasteiger partial charge < -0.3 is 5.32 Å². The Bertz CT molecular complexity index is 184. The fourth-order valence-corrected chi connectivity index (χ4v) is 2.23. The van der Waals surface area contributed by atoms with Crippen LogP contribution >= 0.6 is 0 Å². The van der Waals surface area contributed by atoms with Gasteiger partial charge in [0.15, 0.2) is 0 Å². The third-order valence-corrected chi connectivity index (χ3v) is 3.17. The normalized spacial score (nSPS) is 23.3. The molecule has 0 aromatic carbocycles. The van der Waals surface area contributed by atoms with Gasteiger partial charge in [-0.1, -0.05) is 38.8 Å². The Morgan fingerprint density at radius 1 is 1.27 bits per heavy atom. The van der Waals surface area contributed by atoms with Crippen LogP contribution in [-0.2, 0) is 0 Å². The Morgan fingerprint density at radius 3 is 2.67 bits per heavy atom. The molecule has 15 heavy (non-hydrogen) atoms. The highest BCUT2D eigenvalue weighted by Crippen LogP contribution is 2.13. The zero-order chi connectivity index (χ0) is 11.1. The zero-order valence-electron chi connectivity index (χ0n) is 10.6. The van der Waals surface area contributed by atoms with E-state index in [-0.39, 0.29) is 0 Å². The van der Waals surface area contributed by atoms with Gasteiger partial charge >= 0.3 is 0 Å². The highest BCUT2D eigenvalue weighted by Gasteiger charge is 2.11. The number of hydrogen-bond acceptors (Lipinski definition) is 1. The van der Waals surface area contributed by atoms with Crippen molar-refractivity contribution in [2.24, 2.45) is 5.92 Å². The summed E-state index contributed by atoms with van der Waals surface area (Å²) < 4.78 is 0. The quantitative estimate of drug-likeness (QED) is 0.654. The van der Waals surface area contributed by atoms with Crippen molar-refractivity contribution in [1.29, 1.82) is 0 Å². The summed E-state index contributed by atoms with van der Waals surface area (Å²) in [7, 11) is 0. The molecule has 0 aromatic rings. The molecule has 1 aliphatic carbocycles. The second kappa shape index (κ2) is 7.05. The molecule has 2 atom stereocenters. The van der Waals surface area contributed by atoms with Crippen LogP contribution in [0.5, 0.6) is 0 Å². The van der Waals surface area contributed by atoms with Gasteiger partial charge in [0, 0.05) is 12.1 Å². The first kappa shape index (κ1) is 12.8. The van der Waals surface area contributed by atoms with Crippen LogP contribution in [-0.4, -0.2) is 12.1 Å². The number of nitrogens with one attached hydrogen (secondary N) is 1. The van der Waals surface area contributed by atoms with Gasteiger partial charge in [0.1, 0.15) is 0 Å². The van der Waals surface area contributed by atoms with Crippen LogP contribution < -0.4 is 5.32 Å². The summed E-state index contributed by atoms with van der Waals surface area (Å²) in [4.78, 5) is 0. The summed E-state index contributed by atoms with van der Waals surface area (Å²) in [5, 5.41) is 3.71. The van der Waals surface area contributed by atoms with Gasteiger partial charge in [-0.15, -0.1) is 0 Å². The summed E-state index contributed by atoms with van der Waals surface area (Å²) in [6, 6.07) is 1.32. The predicted octanol–water partition coefficient (Wildman–Crippen LogP) is 3.90. The van der Waals surface area contributed by atoms with Crippen LogP contribution in [0.3, 0.4) is 0 Å². The Morgan fingerprint density at radius 2 is 2.07 bits per heavy atom. The molecule has 1 nitrogen and oxygen atoms in total. The predicted molar refractivity (Wildman–Crippen MR) is 68.1 cm³/mol. The van der Waals surface area contributed by atoms with Crippen molar-refractivity contribution in [3.8, 4) is 0 Å².